The van der Waals surface area contributed by atoms with Gasteiger partial charge in [0.15, 0.2) is 11.5 Å². The fraction of sp³-hybridized carbons (Fsp3) is 0.481. The van der Waals surface area contributed by atoms with Crippen molar-refractivity contribution in [2.75, 3.05) is 33.9 Å². The highest BCUT2D eigenvalue weighted by Crippen LogP contribution is 2.49. The fourth-order valence-electron chi connectivity index (χ4n) is 6.16. The topological polar surface area (TPSA) is 59.1 Å². The number of hydrogen-bond acceptors (Lipinski definition) is 4. The van der Waals surface area contributed by atoms with Gasteiger partial charge in [0.25, 0.3) is 5.91 Å². The molecule has 2 amide bonds. The average Bonchev–Trinajstić information content (AvgIpc) is 2.82. The van der Waals surface area contributed by atoms with E-state index in [9.17, 15) is 9.59 Å². The number of likely N-dealkylation sites (tertiary alicyclic amines) is 1. The molecule has 0 aromatic heterocycles. The molecule has 0 spiro atoms. The molecule has 0 radical (unpaired) electrons. The number of benzene rings is 2. The number of fused-ring (bicyclic) bond motifs is 4. The quantitative estimate of drug-likeness (QED) is 0.711. The van der Waals surface area contributed by atoms with Crippen molar-refractivity contribution in [3.05, 3.63) is 58.7 Å². The first-order chi connectivity index (χ1) is 15.9. The Labute approximate surface area is 195 Å². The number of nitrogens with zero attached hydrogens (tertiary/aromatic N) is 2. The first-order valence-electron chi connectivity index (χ1n) is 11.9. The second-order valence-electron chi connectivity index (χ2n) is 9.85. The molecular formula is C27H32N2O4. The summed E-state index contributed by atoms with van der Waals surface area (Å²) in [6.07, 6.45) is 1.92. The van der Waals surface area contributed by atoms with Gasteiger partial charge in [-0.25, -0.2) is 0 Å². The van der Waals surface area contributed by atoms with Crippen molar-refractivity contribution >= 4 is 11.8 Å². The third kappa shape index (κ3) is 3.56. The number of methoxy groups -OCH3 is 2. The Bertz CT molecular complexity index is 1090. The van der Waals surface area contributed by atoms with E-state index < -0.39 is 5.92 Å². The number of carbonyl (C=O) groups excluding carboxylic acids is 2. The summed E-state index contributed by atoms with van der Waals surface area (Å²) >= 11 is 0. The van der Waals surface area contributed by atoms with Gasteiger partial charge in [-0.05, 0) is 53.5 Å². The SMILES string of the molecule is COc1cc2c(cc1OC)C(C(=O)N1CC(C)CC(C)C1)C1c3ccccc3CCN1C2=O. The molecule has 0 N–H and O–H groups in total. The summed E-state index contributed by atoms with van der Waals surface area (Å²) in [5.74, 6) is 1.55. The van der Waals surface area contributed by atoms with Crippen molar-refractivity contribution in [2.45, 2.75) is 38.6 Å². The maximum Gasteiger partial charge on any atom is 0.254 e. The van der Waals surface area contributed by atoms with Gasteiger partial charge in [0.05, 0.1) is 26.2 Å². The van der Waals surface area contributed by atoms with E-state index >= 15 is 0 Å². The molecule has 33 heavy (non-hydrogen) atoms. The Hall–Kier alpha value is -3.02. The minimum atomic E-state index is -0.476. The molecule has 0 bridgehead atoms. The second-order valence-corrected chi connectivity index (χ2v) is 9.85. The Morgan fingerprint density at radius 1 is 0.970 bits per heavy atom. The molecule has 174 valence electrons. The van der Waals surface area contributed by atoms with Crippen LogP contribution in [0.3, 0.4) is 0 Å². The molecule has 6 heteroatoms. The second kappa shape index (κ2) is 8.40. The highest BCUT2D eigenvalue weighted by molar-refractivity contribution is 6.02. The number of ether oxygens (including phenoxy) is 2. The lowest BCUT2D eigenvalue weighted by molar-refractivity contribution is -0.137. The van der Waals surface area contributed by atoms with Gasteiger partial charge in [-0.2, -0.15) is 0 Å². The summed E-state index contributed by atoms with van der Waals surface area (Å²) in [4.78, 5) is 31.9. The van der Waals surface area contributed by atoms with Gasteiger partial charge in [0.2, 0.25) is 5.91 Å². The maximum atomic E-state index is 14.2. The van der Waals surface area contributed by atoms with Crippen LogP contribution in [-0.2, 0) is 11.2 Å². The van der Waals surface area contributed by atoms with Crippen molar-refractivity contribution in [3.8, 4) is 11.5 Å². The van der Waals surface area contributed by atoms with Crippen LogP contribution >= 0.6 is 0 Å². The molecule has 6 nitrogen and oxygen atoms in total. The Morgan fingerprint density at radius 3 is 2.33 bits per heavy atom. The molecule has 0 aliphatic carbocycles. The monoisotopic (exact) mass is 448 g/mol. The van der Waals surface area contributed by atoms with Gasteiger partial charge in [-0.15, -0.1) is 0 Å². The predicted octanol–water partition coefficient (Wildman–Crippen LogP) is 4.05. The van der Waals surface area contributed by atoms with Crippen molar-refractivity contribution < 1.29 is 19.1 Å². The average molecular weight is 449 g/mol. The molecule has 1 fully saturated rings. The minimum Gasteiger partial charge on any atom is -0.493 e. The number of carbonyl (C=O) groups is 2. The van der Waals surface area contributed by atoms with E-state index in [1.165, 1.54) is 5.56 Å². The summed E-state index contributed by atoms with van der Waals surface area (Å²) in [5, 5.41) is 0. The van der Waals surface area contributed by atoms with Crippen molar-refractivity contribution in [2.24, 2.45) is 11.8 Å². The maximum absolute atomic E-state index is 14.2. The normalized spacial score (nSPS) is 26.2. The first kappa shape index (κ1) is 21.8. The van der Waals surface area contributed by atoms with Crippen LogP contribution in [0.2, 0.25) is 0 Å². The van der Waals surface area contributed by atoms with Crippen LogP contribution in [0.25, 0.3) is 0 Å². The highest BCUT2D eigenvalue weighted by atomic mass is 16.5. The van der Waals surface area contributed by atoms with Crippen LogP contribution in [0.1, 0.15) is 59.3 Å². The molecule has 1 saturated heterocycles. The van der Waals surface area contributed by atoms with Gasteiger partial charge >= 0.3 is 0 Å². The third-order valence-electron chi connectivity index (χ3n) is 7.48. The molecular weight excluding hydrogens is 416 g/mol. The zero-order valence-electron chi connectivity index (χ0n) is 19.8. The standard InChI is InChI=1S/C27H32N2O4/c1-16-11-17(2)15-28(14-16)27(31)24-20-12-22(32-3)23(33-4)13-21(20)26(30)29-10-9-18-7-5-6-8-19(18)25(24)29/h5-8,12-13,16-17,24-25H,9-11,14-15H2,1-4H3. The van der Waals surface area contributed by atoms with Gasteiger partial charge < -0.3 is 19.3 Å². The van der Waals surface area contributed by atoms with Gasteiger partial charge in [0.1, 0.15) is 0 Å². The summed E-state index contributed by atoms with van der Waals surface area (Å²) in [6.45, 7) is 6.54. The van der Waals surface area contributed by atoms with Crippen molar-refractivity contribution in [3.63, 3.8) is 0 Å². The lowest BCUT2D eigenvalue weighted by Crippen LogP contribution is -2.52. The van der Waals surface area contributed by atoms with Crippen molar-refractivity contribution in [1.29, 1.82) is 0 Å². The zero-order valence-corrected chi connectivity index (χ0v) is 19.8. The summed E-state index contributed by atoms with van der Waals surface area (Å²) < 4.78 is 11.1. The van der Waals surface area contributed by atoms with Crippen LogP contribution in [0.15, 0.2) is 36.4 Å². The van der Waals surface area contributed by atoms with Gasteiger partial charge in [0, 0.05) is 25.2 Å². The van der Waals surface area contributed by atoms with Crippen LogP contribution in [0.4, 0.5) is 0 Å². The van der Waals surface area contributed by atoms with E-state index in [0.717, 1.165) is 37.1 Å². The fourth-order valence-corrected chi connectivity index (χ4v) is 6.16. The number of amides is 2. The van der Waals surface area contributed by atoms with E-state index in [2.05, 4.69) is 26.0 Å². The van der Waals surface area contributed by atoms with E-state index in [0.29, 0.717) is 35.4 Å². The molecule has 3 heterocycles. The summed E-state index contributed by atoms with van der Waals surface area (Å²) in [7, 11) is 3.15. The van der Waals surface area contributed by atoms with E-state index in [-0.39, 0.29) is 17.9 Å². The molecule has 5 rings (SSSR count). The highest BCUT2D eigenvalue weighted by Gasteiger charge is 2.48. The largest absolute Gasteiger partial charge is 0.493 e. The number of piperidine rings is 1. The summed E-state index contributed by atoms with van der Waals surface area (Å²) in [5.41, 5.74) is 3.58. The van der Waals surface area contributed by atoms with Crippen LogP contribution in [0, 0.1) is 11.8 Å². The molecule has 0 saturated carbocycles. The van der Waals surface area contributed by atoms with E-state index in [1.807, 2.05) is 28.0 Å². The number of rotatable bonds is 3. The Morgan fingerprint density at radius 2 is 1.64 bits per heavy atom. The zero-order chi connectivity index (χ0) is 23.3. The van der Waals surface area contributed by atoms with Crippen molar-refractivity contribution in [1.82, 2.24) is 9.80 Å². The molecule has 2 aromatic rings. The molecule has 4 unspecified atom stereocenters. The minimum absolute atomic E-state index is 0.0464. The number of hydrogen-bond donors (Lipinski definition) is 0. The molecule has 3 aliphatic heterocycles. The summed E-state index contributed by atoms with van der Waals surface area (Å²) in [6, 6.07) is 11.5. The van der Waals surface area contributed by atoms with E-state index in [1.54, 1.807) is 20.3 Å². The predicted molar refractivity (Wildman–Crippen MR) is 126 cm³/mol. The molecule has 2 aromatic carbocycles. The molecule has 3 aliphatic rings. The smallest absolute Gasteiger partial charge is 0.254 e. The lowest BCUT2D eigenvalue weighted by Gasteiger charge is -2.47. The van der Waals surface area contributed by atoms with Crippen LogP contribution in [-0.4, -0.2) is 55.5 Å². The van der Waals surface area contributed by atoms with Gasteiger partial charge in [-0.1, -0.05) is 38.1 Å². The molecule has 4 atom stereocenters. The lowest BCUT2D eigenvalue weighted by atomic mass is 9.75. The van der Waals surface area contributed by atoms with Gasteiger partial charge in [-0.3, -0.25) is 9.59 Å². The van der Waals surface area contributed by atoms with E-state index in [4.69, 9.17) is 9.47 Å². The van der Waals surface area contributed by atoms with Crippen LogP contribution in [0.5, 0.6) is 11.5 Å². The van der Waals surface area contributed by atoms with Crippen LogP contribution < -0.4 is 9.47 Å². The third-order valence-corrected chi connectivity index (χ3v) is 7.48. The first-order valence-corrected chi connectivity index (χ1v) is 11.9. The Balaban J connectivity index is 1.69. The Kier molecular flexibility index (Phi) is 5.55.